The predicted octanol–water partition coefficient (Wildman–Crippen LogP) is 3.77. The molecule has 2 bridgehead atoms. The molecule has 0 spiro atoms. The van der Waals surface area contributed by atoms with Gasteiger partial charge in [0.1, 0.15) is 6.10 Å². The Morgan fingerprint density at radius 3 is 3.06 bits per heavy atom. The molecular formula is C15H22O2. The molecule has 0 fully saturated rings. The molecule has 2 nitrogen and oxygen atoms in total. The van der Waals surface area contributed by atoms with Gasteiger partial charge in [0.15, 0.2) is 0 Å². The number of allylic oxidation sites excluding steroid dienone is 1. The summed E-state index contributed by atoms with van der Waals surface area (Å²) in [5, 5.41) is 0. The van der Waals surface area contributed by atoms with E-state index in [1.807, 2.05) is 6.08 Å². The largest absolute Gasteiger partial charge is 0.454 e. The van der Waals surface area contributed by atoms with Crippen LogP contribution >= 0.6 is 0 Å². The molecule has 0 saturated carbocycles. The van der Waals surface area contributed by atoms with Crippen LogP contribution in [0, 0.1) is 5.92 Å². The van der Waals surface area contributed by atoms with Gasteiger partial charge in [-0.2, -0.15) is 0 Å². The molecule has 1 unspecified atom stereocenters. The van der Waals surface area contributed by atoms with Crippen molar-refractivity contribution in [2.75, 3.05) is 0 Å². The van der Waals surface area contributed by atoms with E-state index in [0.29, 0.717) is 0 Å². The van der Waals surface area contributed by atoms with Gasteiger partial charge >= 0.3 is 5.97 Å². The molecule has 1 heterocycles. The van der Waals surface area contributed by atoms with Crippen molar-refractivity contribution in [2.24, 2.45) is 5.92 Å². The third kappa shape index (κ3) is 3.21. The first-order chi connectivity index (χ1) is 8.19. The first kappa shape index (κ1) is 12.4. The fraction of sp³-hybridized carbons (Fsp3) is 0.667. The van der Waals surface area contributed by atoms with Gasteiger partial charge < -0.3 is 4.74 Å². The lowest BCUT2D eigenvalue weighted by atomic mass is 9.90. The van der Waals surface area contributed by atoms with Gasteiger partial charge in [0, 0.05) is 12.0 Å². The average molecular weight is 234 g/mol. The van der Waals surface area contributed by atoms with Crippen LogP contribution < -0.4 is 0 Å². The maximum Gasteiger partial charge on any atom is 0.334 e. The van der Waals surface area contributed by atoms with E-state index in [0.717, 1.165) is 37.2 Å². The Balaban J connectivity index is 2.09. The number of carbonyl (C=O) groups is 1. The number of hydrogen-bond acceptors (Lipinski definition) is 2. The Morgan fingerprint density at radius 2 is 2.29 bits per heavy atom. The Kier molecular flexibility index (Phi) is 4.03. The molecule has 2 heteroatoms. The summed E-state index contributed by atoms with van der Waals surface area (Å²) in [6.07, 6.45) is 10.9. The lowest BCUT2D eigenvalue weighted by molar-refractivity contribution is -0.139. The zero-order valence-electron chi connectivity index (χ0n) is 10.9. The molecule has 0 aromatic rings. The summed E-state index contributed by atoms with van der Waals surface area (Å²) in [7, 11) is 0. The van der Waals surface area contributed by atoms with E-state index >= 15 is 0 Å². The minimum atomic E-state index is -0.0834. The molecule has 2 rings (SSSR count). The first-order valence-corrected chi connectivity index (χ1v) is 6.76. The predicted molar refractivity (Wildman–Crippen MR) is 68.6 cm³/mol. The lowest BCUT2D eigenvalue weighted by Crippen LogP contribution is -2.08. The van der Waals surface area contributed by atoms with Gasteiger partial charge in [-0.25, -0.2) is 4.79 Å². The third-order valence-corrected chi connectivity index (χ3v) is 3.75. The molecule has 1 aliphatic carbocycles. The van der Waals surface area contributed by atoms with Gasteiger partial charge in [-0.15, -0.1) is 0 Å². The normalized spacial score (nSPS) is 32.5. The van der Waals surface area contributed by atoms with Crippen LogP contribution in [0.15, 0.2) is 23.3 Å². The quantitative estimate of drug-likeness (QED) is 0.537. The molecular weight excluding hydrogens is 212 g/mol. The number of ether oxygens (including phenoxy) is 1. The Morgan fingerprint density at radius 1 is 1.47 bits per heavy atom. The highest BCUT2D eigenvalue weighted by Crippen LogP contribution is 2.29. The van der Waals surface area contributed by atoms with E-state index < -0.39 is 0 Å². The summed E-state index contributed by atoms with van der Waals surface area (Å²) in [5.74, 6) is 0.640. The van der Waals surface area contributed by atoms with Crippen molar-refractivity contribution in [1.29, 1.82) is 0 Å². The Bertz CT molecular complexity index is 352. The number of carbonyl (C=O) groups excluding carboxylic acids is 1. The van der Waals surface area contributed by atoms with Crippen LogP contribution in [0.1, 0.15) is 52.4 Å². The van der Waals surface area contributed by atoms with Crippen molar-refractivity contribution in [3.05, 3.63) is 23.3 Å². The Hall–Kier alpha value is -1.05. The maximum atomic E-state index is 11.6. The summed E-state index contributed by atoms with van der Waals surface area (Å²) in [5.41, 5.74) is 2.26. The molecule has 0 aromatic carbocycles. The lowest BCUT2D eigenvalue weighted by Gasteiger charge is -2.15. The Labute approximate surface area is 104 Å². The average Bonchev–Trinajstić information content (AvgIpc) is 2.62. The molecule has 17 heavy (non-hydrogen) atoms. The molecule has 94 valence electrons. The van der Waals surface area contributed by atoms with Gasteiger partial charge in [-0.05, 0) is 38.2 Å². The van der Waals surface area contributed by atoms with Gasteiger partial charge in [0.2, 0.25) is 0 Å². The summed E-state index contributed by atoms with van der Waals surface area (Å²) >= 11 is 0. The van der Waals surface area contributed by atoms with Crippen molar-refractivity contribution >= 4 is 5.97 Å². The molecule has 0 saturated heterocycles. The molecule has 0 radical (unpaired) electrons. The van der Waals surface area contributed by atoms with Gasteiger partial charge in [-0.3, -0.25) is 0 Å². The number of hydrogen-bond donors (Lipinski definition) is 0. The molecule has 1 aliphatic heterocycles. The standard InChI is InChI=1S/C15H22O2/c1-3-4-12-6-5-11(2)9-14-10-13(8-7-12)15(16)17-14/h5,10,12,14H,3-4,6-9H2,1-2H3/b11-5+/t12-,14?/m0/s1. The van der Waals surface area contributed by atoms with Crippen LogP contribution in [0.5, 0.6) is 0 Å². The second-order valence-corrected chi connectivity index (χ2v) is 5.32. The summed E-state index contributed by atoms with van der Waals surface area (Å²) < 4.78 is 5.35. The molecule has 0 amide bonds. The summed E-state index contributed by atoms with van der Waals surface area (Å²) in [4.78, 5) is 11.6. The zero-order chi connectivity index (χ0) is 12.3. The van der Waals surface area contributed by atoms with E-state index in [9.17, 15) is 4.79 Å². The van der Waals surface area contributed by atoms with E-state index in [-0.39, 0.29) is 12.1 Å². The van der Waals surface area contributed by atoms with Crippen molar-refractivity contribution in [2.45, 2.75) is 58.5 Å². The van der Waals surface area contributed by atoms with Crippen molar-refractivity contribution in [3.8, 4) is 0 Å². The van der Waals surface area contributed by atoms with Crippen molar-refractivity contribution < 1.29 is 9.53 Å². The fourth-order valence-electron chi connectivity index (χ4n) is 2.74. The van der Waals surface area contributed by atoms with E-state index in [1.54, 1.807) is 0 Å². The van der Waals surface area contributed by atoms with E-state index in [2.05, 4.69) is 19.9 Å². The minimum absolute atomic E-state index is 0.00326. The van der Waals surface area contributed by atoms with Crippen LogP contribution in [-0.4, -0.2) is 12.1 Å². The molecule has 0 aromatic heterocycles. The number of rotatable bonds is 2. The first-order valence-electron chi connectivity index (χ1n) is 6.76. The topological polar surface area (TPSA) is 26.3 Å². The van der Waals surface area contributed by atoms with Crippen LogP contribution in [0.4, 0.5) is 0 Å². The van der Waals surface area contributed by atoms with Gasteiger partial charge in [0.25, 0.3) is 0 Å². The van der Waals surface area contributed by atoms with Crippen LogP contribution in [0.3, 0.4) is 0 Å². The fourth-order valence-corrected chi connectivity index (χ4v) is 2.74. The second-order valence-electron chi connectivity index (χ2n) is 5.32. The summed E-state index contributed by atoms with van der Waals surface area (Å²) in [6.45, 7) is 4.37. The molecule has 0 N–H and O–H groups in total. The SMILES string of the molecule is CCC[C@H]1C/C=C(\C)CC2C=C(CC1)C(=O)O2. The smallest absolute Gasteiger partial charge is 0.334 e. The van der Waals surface area contributed by atoms with Crippen LogP contribution in [0.2, 0.25) is 0 Å². The minimum Gasteiger partial charge on any atom is -0.454 e. The highest BCUT2D eigenvalue weighted by Gasteiger charge is 2.26. The van der Waals surface area contributed by atoms with E-state index in [1.165, 1.54) is 18.4 Å². The van der Waals surface area contributed by atoms with Crippen molar-refractivity contribution in [1.82, 2.24) is 0 Å². The highest BCUT2D eigenvalue weighted by molar-refractivity contribution is 5.90. The second kappa shape index (κ2) is 5.52. The molecule has 2 atom stereocenters. The number of esters is 1. The van der Waals surface area contributed by atoms with Crippen LogP contribution in [-0.2, 0) is 9.53 Å². The van der Waals surface area contributed by atoms with Crippen molar-refractivity contribution in [3.63, 3.8) is 0 Å². The van der Waals surface area contributed by atoms with Gasteiger partial charge in [0.05, 0.1) is 0 Å². The number of fused-ring (bicyclic) bond motifs is 1. The summed E-state index contributed by atoms with van der Waals surface area (Å²) in [6, 6.07) is 0. The van der Waals surface area contributed by atoms with E-state index in [4.69, 9.17) is 4.74 Å². The van der Waals surface area contributed by atoms with Gasteiger partial charge in [-0.1, -0.05) is 31.4 Å². The monoisotopic (exact) mass is 234 g/mol. The third-order valence-electron chi connectivity index (χ3n) is 3.75. The maximum absolute atomic E-state index is 11.6. The van der Waals surface area contributed by atoms with Crippen LogP contribution in [0.25, 0.3) is 0 Å². The zero-order valence-corrected chi connectivity index (χ0v) is 10.9. The highest BCUT2D eigenvalue weighted by atomic mass is 16.5. The molecule has 2 aliphatic rings.